The number of aryl methyl sites for hydroxylation is 1. The second-order valence-electron chi connectivity index (χ2n) is 3.72. The zero-order valence-corrected chi connectivity index (χ0v) is 9.00. The van der Waals surface area contributed by atoms with Gasteiger partial charge in [-0.05, 0) is 26.3 Å². The van der Waals surface area contributed by atoms with E-state index in [2.05, 4.69) is 0 Å². The van der Waals surface area contributed by atoms with Gasteiger partial charge in [-0.15, -0.1) is 0 Å². The molecule has 1 aromatic rings. The third-order valence-electron chi connectivity index (χ3n) is 2.14. The molecule has 0 aromatic heterocycles. The van der Waals surface area contributed by atoms with Crippen LogP contribution < -0.4 is 0 Å². The van der Waals surface area contributed by atoms with Crippen molar-refractivity contribution in [3.8, 4) is 0 Å². The molecule has 0 aliphatic carbocycles. The fourth-order valence-electron chi connectivity index (χ4n) is 1.29. The van der Waals surface area contributed by atoms with Gasteiger partial charge in [-0.2, -0.15) is 0 Å². The summed E-state index contributed by atoms with van der Waals surface area (Å²) in [5.74, 6) is 0.198. The summed E-state index contributed by atoms with van der Waals surface area (Å²) in [6, 6.07) is 7.71. The van der Waals surface area contributed by atoms with Gasteiger partial charge in [0.25, 0.3) is 0 Å². The number of carbonyl (C=O) groups excluding carboxylic acids is 1. The van der Waals surface area contributed by atoms with E-state index >= 15 is 0 Å². The molecule has 0 atom stereocenters. The molecule has 0 radical (unpaired) electrons. The first-order valence-electron chi connectivity index (χ1n) is 4.83. The first-order chi connectivity index (χ1) is 6.61. The van der Waals surface area contributed by atoms with Crippen molar-refractivity contribution in [2.75, 3.05) is 0 Å². The Morgan fingerprint density at radius 3 is 2.50 bits per heavy atom. The van der Waals surface area contributed by atoms with E-state index in [1.165, 1.54) is 5.57 Å². The Kier molecular flexibility index (Phi) is 3.63. The first kappa shape index (κ1) is 10.7. The molecule has 1 nitrogen and oxygen atoms in total. The van der Waals surface area contributed by atoms with Gasteiger partial charge in [0.05, 0.1) is 0 Å². The molecule has 0 N–H and O–H groups in total. The summed E-state index contributed by atoms with van der Waals surface area (Å²) < 4.78 is 0. The largest absolute Gasteiger partial charge is 0.294 e. The monoisotopic (exact) mass is 188 g/mol. The molecule has 0 saturated heterocycles. The highest BCUT2D eigenvalue weighted by molar-refractivity contribution is 5.98. The van der Waals surface area contributed by atoms with E-state index in [1.807, 2.05) is 51.1 Å². The molecular weight excluding hydrogens is 172 g/mol. The molecule has 14 heavy (non-hydrogen) atoms. The van der Waals surface area contributed by atoms with Crippen molar-refractivity contribution in [3.63, 3.8) is 0 Å². The van der Waals surface area contributed by atoms with Crippen molar-refractivity contribution in [3.05, 3.63) is 47.0 Å². The first-order valence-corrected chi connectivity index (χ1v) is 4.83. The molecule has 0 aliphatic rings. The third-order valence-corrected chi connectivity index (χ3v) is 2.14. The predicted octanol–water partition coefficient (Wildman–Crippen LogP) is 3.53. The van der Waals surface area contributed by atoms with Crippen LogP contribution in [0.15, 0.2) is 35.9 Å². The van der Waals surface area contributed by atoms with E-state index in [9.17, 15) is 4.79 Å². The Balaban J connectivity index is 2.80. The highest BCUT2D eigenvalue weighted by Crippen LogP contribution is 2.10. The van der Waals surface area contributed by atoms with Crippen molar-refractivity contribution in [2.45, 2.75) is 27.2 Å². The van der Waals surface area contributed by atoms with Gasteiger partial charge in [0.2, 0.25) is 0 Å². The van der Waals surface area contributed by atoms with Gasteiger partial charge in [-0.3, -0.25) is 4.79 Å². The maximum Gasteiger partial charge on any atom is 0.166 e. The minimum absolute atomic E-state index is 0.198. The van der Waals surface area contributed by atoms with Crippen LogP contribution in [0.5, 0.6) is 0 Å². The topological polar surface area (TPSA) is 17.1 Å². The summed E-state index contributed by atoms with van der Waals surface area (Å²) in [5.41, 5.74) is 3.08. The van der Waals surface area contributed by atoms with Gasteiger partial charge in [-0.1, -0.05) is 35.9 Å². The SMILES string of the molecule is CC(C)=CCC(=O)c1ccccc1C. The van der Waals surface area contributed by atoms with Crippen molar-refractivity contribution >= 4 is 5.78 Å². The number of rotatable bonds is 3. The molecule has 0 saturated carbocycles. The zero-order chi connectivity index (χ0) is 10.6. The van der Waals surface area contributed by atoms with E-state index in [0.717, 1.165) is 11.1 Å². The molecule has 0 heterocycles. The lowest BCUT2D eigenvalue weighted by atomic mass is 10.0. The number of hydrogen-bond acceptors (Lipinski definition) is 1. The molecule has 0 spiro atoms. The number of hydrogen-bond donors (Lipinski definition) is 0. The smallest absolute Gasteiger partial charge is 0.166 e. The number of allylic oxidation sites excluding steroid dienone is 2. The van der Waals surface area contributed by atoms with Crippen molar-refractivity contribution in [1.29, 1.82) is 0 Å². The molecule has 1 heteroatoms. The fourth-order valence-corrected chi connectivity index (χ4v) is 1.29. The van der Waals surface area contributed by atoms with E-state index in [0.29, 0.717) is 6.42 Å². The number of Topliss-reactive ketones (excluding diaryl/α,β-unsaturated/α-hetero) is 1. The van der Waals surface area contributed by atoms with Crippen LogP contribution in [0.1, 0.15) is 36.2 Å². The van der Waals surface area contributed by atoms with Gasteiger partial charge in [0.1, 0.15) is 0 Å². The Bertz CT molecular complexity index is 357. The van der Waals surface area contributed by atoms with Crippen LogP contribution in [-0.2, 0) is 0 Å². The second-order valence-corrected chi connectivity index (χ2v) is 3.72. The van der Waals surface area contributed by atoms with Crippen molar-refractivity contribution < 1.29 is 4.79 Å². The second kappa shape index (κ2) is 4.75. The molecule has 1 rings (SSSR count). The van der Waals surface area contributed by atoms with E-state index in [4.69, 9.17) is 0 Å². The van der Waals surface area contributed by atoms with Gasteiger partial charge < -0.3 is 0 Å². The Morgan fingerprint density at radius 2 is 1.93 bits per heavy atom. The van der Waals surface area contributed by atoms with Gasteiger partial charge in [0.15, 0.2) is 5.78 Å². The summed E-state index contributed by atoms with van der Waals surface area (Å²) in [7, 11) is 0. The summed E-state index contributed by atoms with van der Waals surface area (Å²) in [4.78, 5) is 11.7. The molecule has 1 aromatic carbocycles. The lowest BCUT2D eigenvalue weighted by molar-refractivity contribution is 0.0995. The maximum atomic E-state index is 11.7. The van der Waals surface area contributed by atoms with Crippen LogP contribution >= 0.6 is 0 Å². The third kappa shape index (κ3) is 2.84. The summed E-state index contributed by atoms with van der Waals surface area (Å²) in [6.07, 6.45) is 2.47. The normalized spacial score (nSPS) is 9.64. The van der Waals surface area contributed by atoms with Crippen molar-refractivity contribution in [2.24, 2.45) is 0 Å². The van der Waals surface area contributed by atoms with Crippen molar-refractivity contribution in [1.82, 2.24) is 0 Å². The standard InChI is InChI=1S/C13H16O/c1-10(2)8-9-13(14)12-7-5-4-6-11(12)3/h4-8H,9H2,1-3H3. The van der Waals surface area contributed by atoms with Gasteiger partial charge >= 0.3 is 0 Å². The van der Waals surface area contributed by atoms with Gasteiger partial charge in [-0.25, -0.2) is 0 Å². The molecular formula is C13H16O. The van der Waals surface area contributed by atoms with Crippen LogP contribution in [0, 0.1) is 6.92 Å². The number of benzene rings is 1. The minimum atomic E-state index is 0.198. The van der Waals surface area contributed by atoms with Crippen LogP contribution in [0.4, 0.5) is 0 Å². The molecule has 0 amide bonds. The average molecular weight is 188 g/mol. The minimum Gasteiger partial charge on any atom is -0.294 e. The van der Waals surface area contributed by atoms with E-state index in [-0.39, 0.29) is 5.78 Å². The summed E-state index contributed by atoms with van der Waals surface area (Å²) in [6.45, 7) is 5.98. The highest BCUT2D eigenvalue weighted by Gasteiger charge is 2.05. The summed E-state index contributed by atoms with van der Waals surface area (Å²) >= 11 is 0. The van der Waals surface area contributed by atoms with Crippen LogP contribution in [0.2, 0.25) is 0 Å². The maximum absolute atomic E-state index is 11.7. The van der Waals surface area contributed by atoms with E-state index < -0.39 is 0 Å². The molecule has 0 unspecified atom stereocenters. The van der Waals surface area contributed by atoms with Crippen LogP contribution in [0.25, 0.3) is 0 Å². The zero-order valence-electron chi connectivity index (χ0n) is 9.00. The number of ketones is 1. The molecule has 0 fully saturated rings. The van der Waals surface area contributed by atoms with E-state index in [1.54, 1.807) is 0 Å². The fraction of sp³-hybridized carbons (Fsp3) is 0.308. The predicted molar refractivity (Wildman–Crippen MR) is 59.6 cm³/mol. The average Bonchev–Trinajstić information content (AvgIpc) is 2.15. The Labute approximate surface area is 85.5 Å². The quantitative estimate of drug-likeness (QED) is 0.524. The number of carbonyl (C=O) groups is 1. The molecule has 0 bridgehead atoms. The molecule has 0 aliphatic heterocycles. The Hall–Kier alpha value is -1.37. The lowest BCUT2D eigenvalue weighted by Crippen LogP contribution is -1.99. The Morgan fingerprint density at radius 1 is 1.29 bits per heavy atom. The van der Waals surface area contributed by atoms with Gasteiger partial charge in [0, 0.05) is 12.0 Å². The molecule has 74 valence electrons. The van der Waals surface area contributed by atoms with Crippen LogP contribution in [0.3, 0.4) is 0 Å². The lowest BCUT2D eigenvalue weighted by Gasteiger charge is -2.01. The highest BCUT2D eigenvalue weighted by atomic mass is 16.1. The summed E-state index contributed by atoms with van der Waals surface area (Å²) in [5, 5.41) is 0. The van der Waals surface area contributed by atoms with Crippen LogP contribution in [-0.4, -0.2) is 5.78 Å².